The maximum Gasteiger partial charge on any atom is 0.417 e. The van der Waals surface area contributed by atoms with Crippen molar-refractivity contribution in [1.82, 2.24) is 10.3 Å². The van der Waals surface area contributed by atoms with Crippen molar-refractivity contribution in [2.45, 2.75) is 38.9 Å². The number of nitrogens with one attached hydrogen (secondary N) is 1. The fraction of sp³-hybridized carbons (Fsp3) is 0.389. The molecule has 4 nitrogen and oxygen atoms in total. The van der Waals surface area contributed by atoms with Crippen molar-refractivity contribution < 1.29 is 22.8 Å². The molecule has 2 rings (SSSR count). The van der Waals surface area contributed by atoms with Crippen molar-refractivity contribution in [2.24, 2.45) is 5.92 Å². The van der Waals surface area contributed by atoms with E-state index in [9.17, 15) is 22.8 Å². The highest BCUT2D eigenvalue weighted by Crippen LogP contribution is 2.31. The number of amides is 1. The first kappa shape index (κ1) is 20.2. The van der Waals surface area contributed by atoms with Gasteiger partial charge >= 0.3 is 6.18 Å². The number of carbonyl (C=O) groups excluding carboxylic acids is 2. The summed E-state index contributed by atoms with van der Waals surface area (Å²) >= 11 is 5.88. The highest BCUT2D eigenvalue weighted by Gasteiger charge is 2.36. The third-order valence-corrected chi connectivity index (χ3v) is 4.34. The predicted molar refractivity (Wildman–Crippen MR) is 91.6 cm³/mol. The van der Waals surface area contributed by atoms with Crippen molar-refractivity contribution in [3.05, 3.63) is 52.3 Å². The van der Waals surface area contributed by atoms with Gasteiger partial charge in [0.1, 0.15) is 0 Å². The third-order valence-electron chi connectivity index (χ3n) is 4.02. The van der Waals surface area contributed by atoms with Gasteiger partial charge in [-0.25, -0.2) is 0 Å². The maximum atomic E-state index is 13.1. The lowest BCUT2D eigenvalue weighted by Crippen LogP contribution is -2.45. The van der Waals surface area contributed by atoms with Crippen LogP contribution >= 0.6 is 11.6 Å². The van der Waals surface area contributed by atoms with Crippen LogP contribution in [0.2, 0.25) is 0 Å². The molecule has 140 valence electrons. The van der Waals surface area contributed by atoms with Gasteiger partial charge in [-0.15, -0.1) is 0 Å². The summed E-state index contributed by atoms with van der Waals surface area (Å²) in [6.07, 6.45) is 1.25. The quantitative estimate of drug-likeness (QED) is 0.822. The first-order chi connectivity index (χ1) is 12.1. The fourth-order valence-electron chi connectivity index (χ4n) is 2.59. The summed E-state index contributed by atoms with van der Waals surface area (Å²) in [4.78, 5) is 28.7. The smallest absolute Gasteiger partial charge is 0.342 e. The number of nitrogens with zero attached hydrogens (tertiary/aromatic N) is 1. The minimum absolute atomic E-state index is 0.306. The highest BCUT2D eigenvalue weighted by molar-refractivity contribution is 6.29. The Morgan fingerprint density at radius 2 is 1.92 bits per heavy atom. The molecule has 0 aliphatic heterocycles. The maximum absolute atomic E-state index is 13.1. The van der Waals surface area contributed by atoms with E-state index in [4.69, 9.17) is 11.6 Å². The number of Topliss-reactive ketones (excluding diaryl/α,β-unsaturated/α-hetero) is 1. The van der Waals surface area contributed by atoms with Gasteiger partial charge in [0.2, 0.25) is 0 Å². The first-order valence-corrected chi connectivity index (χ1v) is 8.40. The molecular formula is C18H18ClF3N2O2. The fourth-order valence-corrected chi connectivity index (χ4v) is 2.75. The summed E-state index contributed by atoms with van der Waals surface area (Å²) in [6, 6.07) is -0.210. The Bertz CT molecular complexity index is 770. The zero-order valence-corrected chi connectivity index (χ0v) is 15.0. The summed E-state index contributed by atoms with van der Waals surface area (Å²) < 4.78 is 39.3. The lowest BCUT2D eigenvalue weighted by molar-refractivity contribution is -0.138. The number of rotatable bonds is 5. The number of ketones is 1. The minimum atomic E-state index is -4.69. The van der Waals surface area contributed by atoms with Crippen LogP contribution in [-0.4, -0.2) is 22.7 Å². The van der Waals surface area contributed by atoms with E-state index in [1.807, 2.05) is 0 Å². The Kier molecular flexibility index (Phi) is 6.23. The Hall–Kier alpha value is -2.15. The summed E-state index contributed by atoms with van der Waals surface area (Å²) in [7, 11) is 0. The molecule has 1 atom stereocenters. The molecular weight excluding hydrogens is 369 g/mol. The van der Waals surface area contributed by atoms with E-state index < -0.39 is 29.3 Å². The molecule has 0 saturated carbocycles. The summed E-state index contributed by atoms with van der Waals surface area (Å²) in [5.41, 5.74) is -1.22. The van der Waals surface area contributed by atoms with Crippen LogP contribution in [0.5, 0.6) is 0 Å². The van der Waals surface area contributed by atoms with Gasteiger partial charge in [0.05, 0.1) is 17.2 Å². The van der Waals surface area contributed by atoms with Gasteiger partial charge in [-0.3, -0.25) is 14.6 Å². The molecule has 8 heteroatoms. The van der Waals surface area contributed by atoms with Gasteiger partial charge in [0.15, 0.2) is 5.78 Å². The van der Waals surface area contributed by atoms with E-state index >= 15 is 0 Å². The lowest BCUT2D eigenvalue weighted by Gasteiger charge is -2.24. The second-order valence-corrected chi connectivity index (χ2v) is 6.77. The summed E-state index contributed by atoms with van der Waals surface area (Å²) in [6.45, 7) is 3.42. The molecule has 1 amide bonds. The molecule has 0 spiro atoms. The van der Waals surface area contributed by atoms with Crippen molar-refractivity contribution in [1.29, 1.82) is 0 Å². The molecule has 1 aromatic rings. The number of aromatic nitrogens is 1. The molecule has 1 aliphatic rings. The normalized spacial score (nSPS) is 16.0. The molecule has 0 saturated heterocycles. The van der Waals surface area contributed by atoms with Crippen LogP contribution in [0.4, 0.5) is 13.2 Å². The number of hydrogen-bond donors (Lipinski definition) is 1. The second kappa shape index (κ2) is 8.03. The Morgan fingerprint density at radius 3 is 2.46 bits per heavy atom. The van der Waals surface area contributed by atoms with Crippen molar-refractivity contribution in [3.63, 3.8) is 0 Å². The molecule has 26 heavy (non-hydrogen) atoms. The SMILES string of the molecule is CC(C)C(NC(=O)c1cnccc1C(F)(F)F)C(=O)C1=CC=C(Cl)CC1. The minimum Gasteiger partial charge on any atom is -0.342 e. The zero-order chi connectivity index (χ0) is 19.5. The largest absolute Gasteiger partial charge is 0.417 e. The standard InChI is InChI=1S/C18H18ClF3N2O2/c1-10(2)15(16(25)11-3-5-12(19)6-4-11)24-17(26)13-9-23-8-7-14(13)18(20,21)22/h3,5,7-10,15H,4,6H2,1-2H3,(H,24,26). The Balaban J connectivity index is 2.26. The van der Waals surface area contributed by atoms with E-state index in [0.717, 1.165) is 18.5 Å². The molecule has 1 aliphatic carbocycles. The van der Waals surface area contributed by atoms with Crippen LogP contribution in [0, 0.1) is 5.92 Å². The summed E-state index contributed by atoms with van der Waals surface area (Å²) in [5.74, 6) is -1.62. The van der Waals surface area contributed by atoms with Crippen LogP contribution in [0.25, 0.3) is 0 Å². The molecule has 1 heterocycles. The predicted octanol–water partition coefficient (Wildman–Crippen LogP) is 4.27. The monoisotopic (exact) mass is 386 g/mol. The van der Waals surface area contributed by atoms with Crippen LogP contribution in [0.3, 0.4) is 0 Å². The number of halogens is 4. The summed E-state index contributed by atoms with van der Waals surface area (Å²) in [5, 5.41) is 3.05. The molecule has 0 radical (unpaired) electrons. The average Bonchev–Trinajstić information content (AvgIpc) is 2.58. The van der Waals surface area contributed by atoms with Crippen LogP contribution in [0.15, 0.2) is 41.2 Å². The highest BCUT2D eigenvalue weighted by atomic mass is 35.5. The van der Waals surface area contributed by atoms with Gasteiger partial charge in [-0.1, -0.05) is 31.5 Å². The number of pyridine rings is 1. The van der Waals surface area contributed by atoms with E-state index in [2.05, 4.69) is 10.3 Å². The molecule has 0 fully saturated rings. The Morgan fingerprint density at radius 1 is 1.23 bits per heavy atom. The van der Waals surface area contributed by atoms with Crippen molar-refractivity contribution in [2.75, 3.05) is 0 Å². The van der Waals surface area contributed by atoms with E-state index in [0.29, 0.717) is 23.4 Å². The van der Waals surface area contributed by atoms with Gasteiger partial charge in [0, 0.05) is 17.4 Å². The van der Waals surface area contributed by atoms with E-state index in [1.165, 1.54) is 0 Å². The molecule has 1 unspecified atom stereocenters. The van der Waals surface area contributed by atoms with Gasteiger partial charge in [-0.2, -0.15) is 13.2 Å². The number of alkyl halides is 3. The third kappa shape index (κ3) is 4.72. The number of allylic oxidation sites excluding steroid dienone is 3. The lowest BCUT2D eigenvalue weighted by atomic mass is 9.90. The molecule has 0 bridgehead atoms. The number of carbonyl (C=O) groups is 2. The van der Waals surface area contributed by atoms with Crippen molar-refractivity contribution >= 4 is 23.3 Å². The van der Waals surface area contributed by atoms with Crippen LogP contribution in [0.1, 0.15) is 42.6 Å². The molecule has 0 aromatic carbocycles. The first-order valence-electron chi connectivity index (χ1n) is 8.02. The van der Waals surface area contributed by atoms with Crippen LogP contribution in [-0.2, 0) is 11.0 Å². The Labute approximate surface area is 154 Å². The second-order valence-electron chi connectivity index (χ2n) is 6.28. The molecule has 1 aromatic heterocycles. The van der Waals surface area contributed by atoms with Gasteiger partial charge in [0.25, 0.3) is 5.91 Å². The topological polar surface area (TPSA) is 59.1 Å². The van der Waals surface area contributed by atoms with Crippen molar-refractivity contribution in [3.8, 4) is 0 Å². The molecule has 1 N–H and O–H groups in total. The number of hydrogen-bond acceptors (Lipinski definition) is 3. The van der Waals surface area contributed by atoms with E-state index in [-0.39, 0.29) is 11.7 Å². The van der Waals surface area contributed by atoms with Gasteiger partial charge in [-0.05, 0) is 36.5 Å². The van der Waals surface area contributed by atoms with Crippen LogP contribution < -0.4 is 5.32 Å². The zero-order valence-electron chi connectivity index (χ0n) is 14.2. The average molecular weight is 387 g/mol. The van der Waals surface area contributed by atoms with E-state index in [1.54, 1.807) is 26.0 Å². The van der Waals surface area contributed by atoms with Gasteiger partial charge < -0.3 is 5.32 Å².